The average molecular weight is 279 g/mol. The molecule has 1 fully saturated rings. The number of nitrogens with zero attached hydrogens (tertiary/aromatic N) is 2. The van der Waals surface area contributed by atoms with Crippen molar-refractivity contribution >= 4 is 17.1 Å². The largest absolute Gasteiger partial charge is 0.390 e. The highest BCUT2D eigenvalue weighted by Gasteiger charge is 2.25. The van der Waals surface area contributed by atoms with Gasteiger partial charge in [-0.05, 0) is 32.3 Å². The summed E-state index contributed by atoms with van der Waals surface area (Å²) in [6, 6.07) is 5.03. The number of nitro groups is 1. The molecule has 0 spiro atoms. The van der Waals surface area contributed by atoms with Crippen LogP contribution in [-0.2, 0) is 0 Å². The normalized spacial score (nSPS) is 23.2. The maximum Gasteiger partial charge on any atom is 0.273 e. The van der Waals surface area contributed by atoms with Crippen LogP contribution in [0.5, 0.6) is 0 Å². The van der Waals surface area contributed by atoms with Crippen LogP contribution < -0.4 is 10.2 Å². The number of non-ortho nitro benzene ring substituents is 1. The Morgan fingerprint density at radius 1 is 1.35 bits per heavy atom. The van der Waals surface area contributed by atoms with Gasteiger partial charge in [-0.1, -0.05) is 0 Å². The van der Waals surface area contributed by atoms with Crippen LogP contribution in [0, 0.1) is 10.1 Å². The minimum absolute atomic E-state index is 0.0860. The third-order valence-electron chi connectivity index (χ3n) is 3.83. The third-order valence-corrected chi connectivity index (χ3v) is 3.83. The number of nitro benzene ring substituents is 1. The molecule has 0 radical (unpaired) electrons. The predicted octanol–water partition coefficient (Wildman–Crippen LogP) is 2.38. The SMILES string of the molecule is CNc1cc(N2CCCC(C)(O)CC2)cc([N+](=O)[O-])c1. The molecule has 2 N–H and O–H groups in total. The van der Waals surface area contributed by atoms with Gasteiger partial charge < -0.3 is 15.3 Å². The van der Waals surface area contributed by atoms with E-state index < -0.39 is 5.60 Å². The van der Waals surface area contributed by atoms with Crippen molar-refractivity contribution in [1.82, 2.24) is 0 Å². The van der Waals surface area contributed by atoms with Gasteiger partial charge in [0, 0.05) is 43.6 Å². The minimum atomic E-state index is -0.638. The second kappa shape index (κ2) is 5.66. The molecular weight excluding hydrogens is 258 g/mol. The number of anilines is 2. The van der Waals surface area contributed by atoms with Crippen LogP contribution in [0.3, 0.4) is 0 Å². The lowest BCUT2D eigenvalue weighted by Crippen LogP contribution is -2.28. The molecule has 1 heterocycles. The molecule has 1 aliphatic heterocycles. The molecule has 110 valence electrons. The Kier molecular flexibility index (Phi) is 4.13. The average Bonchev–Trinajstić information content (AvgIpc) is 2.59. The van der Waals surface area contributed by atoms with E-state index in [0.29, 0.717) is 13.0 Å². The second-order valence-corrected chi connectivity index (χ2v) is 5.58. The smallest absolute Gasteiger partial charge is 0.273 e. The summed E-state index contributed by atoms with van der Waals surface area (Å²) in [6.07, 6.45) is 2.31. The zero-order chi connectivity index (χ0) is 14.8. The van der Waals surface area contributed by atoms with Crippen LogP contribution in [0.2, 0.25) is 0 Å². The lowest BCUT2D eigenvalue weighted by molar-refractivity contribution is -0.384. The van der Waals surface area contributed by atoms with Gasteiger partial charge in [-0.25, -0.2) is 0 Å². The molecular formula is C14H21N3O3. The van der Waals surface area contributed by atoms with Gasteiger partial charge in [-0.3, -0.25) is 10.1 Å². The number of aliphatic hydroxyl groups is 1. The summed E-state index contributed by atoms with van der Waals surface area (Å²) in [6.45, 7) is 3.36. The zero-order valence-corrected chi connectivity index (χ0v) is 11.9. The summed E-state index contributed by atoms with van der Waals surface area (Å²) in [5, 5.41) is 24.1. The van der Waals surface area contributed by atoms with Gasteiger partial charge in [0.25, 0.3) is 5.69 Å². The van der Waals surface area contributed by atoms with Crippen molar-refractivity contribution in [1.29, 1.82) is 0 Å². The number of benzene rings is 1. The zero-order valence-electron chi connectivity index (χ0n) is 11.9. The van der Waals surface area contributed by atoms with E-state index in [9.17, 15) is 15.2 Å². The van der Waals surface area contributed by atoms with E-state index in [2.05, 4.69) is 10.2 Å². The van der Waals surface area contributed by atoms with E-state index in [1.807, 2.05) is 13.0 Å². The first-order chi connectivity index (χ1) is 9.41. The van der Waals surface area contributed by atoms with Crippen molar-refractivity contribution in [2.24, 2.45) is 0 Å². The van der Waals surface area contributed by atoms with Gasteiger partial charge >= 0.3 is 0 Å². The van der Waals surface area contributed by atoms with Crippen LogP contribution in [0.1, 0.15) is 26.2 Å². The number of hydrogen-bond donors (Lipinski definition) is 2. The summed E-state index contributed by atoms with van der Waals surface area (Å²) < 4.78 is 0. The first-order valence-corrected chi connectivity index (χ1v) is 6.86. The molecule has 0 amide bonds. The van der Waals surface area contributed by atoms with Gasteiger partial charge in [0.2, 0.25) is 0 Å². The molecule has 1 aromatic rings. The van der Waals surface area contributed by atoms with E-state index in [-0.39, 0.29) is 10.6 Å². The van der Waals surface area contributed by atoms with Crippen molar-refractivity contribution in [3.63, 3.8) is 0 Å². The van der Waals surface area contributed by atoms with E-state index >= 15 is 0 Å². The number of nitrogens with one attached hydrogen (secondary N) is 1. The number of rotatable bonds is 3. The monoisotopic (exact) mass is 279 g/mol. The highest BCUT2D eigenvalue weighted by molar-refractivity contribution is 5.64. The molecule has 0 bridgehead atoms. The van der Waals surface area contributed by atoms with Gasteiger partial charge in [0.15, 0.2) is 0 Å². The van der Waals surface area contributed by atoms with Crippen LogP contribution in [0.25, 0.3) is 0 Å². The topological polar surface area (TPSA) is 78.6 Å². The van der Waals surface area contributed by atoms with Crippen LogP contribution in [-0.4, -0.2) is 35.8 Å². The third kappa shape index (κ3) is 3.39. The molecule has 1 saturated heterocycles. The molecule has 20 heavy (non-hydrogen) atoms. The molecule has 6 heteroatoms. The predicted molar refractivity (Wildman–Crippen MR) is 79.3 cm³/mol. The van der Waals surface area contributed by atoms with Crippen molar-refractivity contribution in [2.75, 3.05) is 30.4 Å². The van der Waals surface area contributed by atoms with Crippen molar-refractivity contribution in [3.05, 3.63) is 28.3 Å². The van der Waals surface area contributed by atoms with E-state index in [0.717, 1.165) is 30.8 Å². The quantitative estimate of drug-likeness (QED) is 0.656. The fourth-order valence-corrected chi connectivity index (χ4v) is 2.55. The molecule has 1 atom stereocenters. The second-order valence-electron chi connectivity index (χ2n) is 5.58. The lowest BCUT2D eigenvalue weighted by atomic mass is 9.98. The first kappa shape index (κ1) is 14.6. The summed E-state index contributed by atoms with van der Waals surface area (Å²) in [5.74, 6) is 0. The van der Waals surface area contributed by atoms with Gasteiger partial charge in [0.1, 0.15) is 0 Å². The summed E-state index contributed by atoms with van der Waals surface area (Å²) in [4.78, 5) is 12.7. The Balaban J connectivity index is 2.27. The van der Waals surface area contributed by atoms with Crippen LogP contribution in [0.15, 0.2) is 18.2 Å². The Labute approximate surface area is 118 Å². The number of hydrogen-bond acceptors (Lipinski definition) is 5. The highest BCUT2D eigenvalue weighted by atomic mass is 16.6. The van der Waals surface area contributed by atoms with E-state index in [1.165, 1.54) is 6.07 Å². The van der Waals surface area contributed by atoms with Crippen molar-refractivity contribution in [3.8, 4) is 0 Å². The molecule has 0 aliphatic carbocycles. The van der Waals surface area contributed by atoms with Gasteiger partial charge in [-0.2, -0.15) is 0 Å². The Morgan fingerprint density at radius 2 is 2.10 bits per heavy atom. The Hall–Kier alpha value is -1.82. The Bertz CT molecular complexity index is 502. The van der Waals surface area contributed by atoms with E-state index in [1.54, 1.807) is 13.1 Å². The molecule has 0 saturated carbocycles. The maximum atomic E-state index is 11.0. The highest BCUT2D eigenvalue weighted by Crippen LogP contribution is 2.30. The standard InChI is InChI=1S/C14H21N3O3/c1-14(18)4-3-6-16(7-5-14)12-8-11(15-2)9-13(10-12)17(19)20/h8-10,15,18H,3-7H2,1-2H3. The maximum absolute atomic E-state index is 11.0. The summed E-state index contributed by atoms with van der Waals surface area (Å²) in [7, 11) is 1.75. The van der Waals surface area contributed by atoms with E-state index in [4.69, 9.17) is 0 Å². The summed E-state index contributed by atoms with van der Waals surface area (Å²) in [5.41, 5.74) is 1.01. The minimum Gasteiger partial charge on any atom is -0.390 e. The lowest BCUT2D eigenvalue weighted by Gasteiger charge is -2.24. The van der Waals surface area contributed by atoms with Crippen molar-refractivity contribution in [2.45, 2.75) is 31.8 Å². The molecule has 1 unspecified atom stereocenters. The molecule has 0 aromatic heterocycles. The molecule has 1 aliphatic rings. The van der Waals surface area contributed by atoms with Gasteiger partial charge in [-0.15, -0.1) is 0 Å². The molecule has 6 nitrogen and oxygen atoms in total. The fourth-order valence-electron chi connectivity index (χ4n) is 2.55. The van der Waals surface area contributed by atoms with Crippen molar-refractivity contribution < 1.29 is 10.0 Å². The fraction of sp³-hybridized carbons (Fsp3) is 0.571. The van der Waals surface area contributed by atoms with Gasteiger partial charge in [0.05, 0.1) is 10.5 Å². The van der Waals surface area contributed by atoms with Crippen LogP contribution in [0.4, 0.5) is 17.1 Å². The first-order valence-electron chi connectivity index (χ1n) is 6.86. The van der Waals surface area contributed by atoms with Crippen LogP contribution >= 0.6 is 0 Å². The Morgan fingerprint density at radius 3 is 2.75 bits per heavy atom. The molecule has 2 rings (SSSR count). The summed E-state index contributed by atoms with van der Waals surface area (Å²) >= 11 is 0. The molecule has 1 aromatic carbocycles.